The van der Waals surface area contributed by atoms with Crippen molar-refractivity contribution < 1.29 is 10.2 Å². The van der Waals surface area contributed by atoms with Gasteiger partial charge in [0.15, 0.2) is 0 Å². The highest BCUT2D eigenvalue weighted by Crippen LogP contribution is 2.15. The van der Waals surface area contributed by atoms with Crippen molar-refractivity contribution in [2.24, 2.45) is 5.73 Å². The van der Waals surface area contributed by atoms with E-state index in [2.05, 4.69) is 0 Å². The molecule has 0 saturated heterocycles. The predicted molar refractivity (Wildman–Crippen MR) is 41.8 cm³/mol. The summed E-state index contributed by atoms with van der Waals surface area (Å²) < 4.78 is 0. The highest BCUT2D eigenvalue weighted by Gasteiger charge is 2.18. The molecule has 0 amide bonds. The molecule has 0 aliphatic heterocycles. The average molecular weight is 174 g/mol. The van der Waals surface area contributed by atoms with Crippen molar-refractivity contribution in [3.8, 4) is 0 Å². The zero-order valence-corrected chi connectivity index (χ0v) is 6.42. The van der Waals surface area contributed by atoms with Gasteiger partial charge in [-0.2, -0.15) is 0 Å². The predicted octanol–water partition coefficient (Wildman–Crippen LogP) is 0.394. The average Bonchev–Trinajstić information content (AvgIpc) is 1.86. The van der Waals surface area contributed by atoms with E-state index in [4.69, 9.17) is 27.5 Å². The van der Waals surface area contributed by atoms with Gasteiger partial charge in [-0.1, -0.05) is 23.7 Å². The fourth-order valence-corrected chi connectivity index (χ4v) is 0.821. The summed E-state index contributed by atoms with van der Waals surface area (Å²) >= 11 is 5.56. The van der Waals surface area contributed by atoms with E-state index >= 15 is 0 Å². The van der Waals surface area contributed by atoms with Crippen molar-refractivity contribution in [1.82, 2.24) is 0 Å². The second kappa shape index (κ2) is 2.79. The molecule has 1 aromatic carbocycles. The summed E-state index contributed by atoms with van der Waals surface area (Å²) in [6.45, 7) is 0. The van der Waals surface area contributed by atoms with Gasteiger partial charge in [0.05, 0.1) is 0 Å². The maximum Gasteiger partial charge on any atom is 0.248 e. The van der Waals surface area contributed by atoms with Crippen LogP contribution in [0.3, 0.4) is 0 Å². The maximum absolute atomic E-state index is 8.87. The summed E-state index contributed by atoms with van der Waals surface area (Å²) in [5.41, 5.74) is 5.18. The molecule has 0 heterocycles. The molecule has 4 heteroatoms. The van der Waals surface area contributed by atoms with Crippen LogP contribution in [0.2, 0.25) is 5.02 Å². The lowest BCUT2D eigenvalue weighted by molar-refractivity contribution is -0.163. The van der Waals surface area contributed by atoms with Gasteiger partial charge in [-0.15, -0.1) is 0 Å². The van der Waals surface area contributed by atoms with E-state index in [1.807, 2.05) is 0 Å². The molecule has 11 heavy (non-hydrogen) atoms. The van der Waals surface area contributed by atoms with Gasteiger partial charge >= 0.3 is 0 Å². The monoisotopic (exact) mass is 173 g/mol. The smallest absolute Gasteiger partial charge is 0.248 e. The molecular weight excluding hydrogens is 166 g/mol. The molecule has 0 aliphatic carbocycles. The normalized spacial score (nSPS) is 11.6. The molecule has 1 rings (SSSR count). The molecule has 3 nitrogen and oxygen atoms in total. The van der Waals surface area contributed by atoms with Gasteiger partial charge in [0.2, 0.25) is 5.91 Å². The molecule has 0 atom stereocenters. The molecule has 0 aromatic heterocycles. The minimum absolute atomic E-state index is 0.210. The van der Waals surface area contributed by atoms with Gasteiger partial charge < -0.3 is 10.2 Å². The van der Waals surface area contributed by atoms with Crippen molar-refractivity contribution in [2.45, 2.75) is 5.91 Å². The van der Waals surface area contributed by atoms with Crippen LogP contribution in [0.4, 0.5) is 0 Å². The first-order valence-corrected chi connectivity index (χ1v) is 3.37. The van der Waals surface area contributed by atoms with Crippen LogP contribution < -0.4 is 5.73 Å². The van der Waals surface area contributed by atoms with E-state index in [1.165, 1.54) is 24.3 Å². The molecule has 60 valence electrons. The van der Waals surface area contributed by atoms with E-state index in [1.54, 1.807) is 0 Å². The second-order valence-electron chi connectivity index (χ2n) is 2.23. The first-order chi connectivity index (χ1) is 5.00. The van der Waals surface area contributed by atoms with Gasteiger partial charge in [0, 0.05) is 10.6 Å². The number of hydrogen-bond donors (Lipinski definition) is 3. The Kier molecular flexibility index (Phi) is 2.15. The third kappa shape index (κ3) is 2.17. The Balaban J connectivity index is 2.99. The Hall–Kier alpha value is -0.610. The summed E-state index contributed by atoms with van der Waals surface area (Å²) in [4.78, 5) is 0. The van der Waals surface area contributed by atoms with Crippen molar-refractivity contribution in [2.75, 3.05) is 0 Å². The zero-order valence-electron chi connectivity index (χ0n) is 5.66. The van der Waals surface area contributed by atoms with Gasteiger partial charge in [-0.3, -0.25) is 5.73 Å². The summed E-state index contributed by atoms with van der Waals surface area (Å²) in [6, 6.07) is 5.96. The Morgan fingerprint density at radius 1 is 1.18 bits per heavy atom. The van der Waals surface area contributed by atoms with Gasteiger partial charge in [-0.05, 0) is 12.1 Å². The lowest BCUT2D eigenvalue weighted by atomic mass is 10.2. The van der Waals surface area contributed by atoms with E-state index in [9.17, 15) is 0 Å². The highest BCUT2D eigenvalue weighted by molar-refractivity contribution is 6.30. The number of hydrogen-bond acceptors (Lipinski definition) is 3. The summed E-state index contributed by atoms with van der Waals surface area (Å²) in [6.07, 6.45) is 0. The van der Waals surface area contributed by atoms with Crippen LogP contribution in [0.1, 0.15) is 5.56 Å². The minimum atomic E-state index is -2.27. The van der Waals surface area contributed by atoms with Crippen LogP contribution >= 0.6 is 11.6 Å². The number of nitrogens with two attached hydrogens (primary N) is 1. The molecule has 0 aliphatic rings. The summed E-state index contributed by atoms with van der Waals surface area (Å²) in [7, 11) is 0. The fourth-order valence-electron chi connectivity index (χ4n) is 0.695. The van der Waals surface area contributed by atoms with Gasteiger partial charge in [-0.25, -0.2) is 0 Å². The van der Waals surface area contributed by atoms with Crippen LogP contribution in [-0.4, -0.2) is 10.2 Å². The minimum Gasteiger partial charge on any atom is -0.350 e. The maximum atomic E-state index is 8.87. The Morgan fingerprint density at radius 2 is 1.64 bits per heavy atom. The Morgan fingerprint density at radius 3 is 2.00 bits per heavy atom. The van der Waals surface area contributed by atoms with Crippen LogP contribution in [0.5, 0.6) is 0 Å². The van der Waals surface area contributed by atoms with Crippen molar-refractivity contribution in [1.29, 1.82) is 0 Å². The largest absolute Gasteiger partial charge is 0.350 e. The van der Waals surface area contributed by atoms with E-state index < -0.39 is 5.91 Å². The third-order valence-electron chi connectivity index (χ3n) is 1.27. The van der Waals surface area contributed by atoms with Crippen LogP contribution in [0, 0.1) is 0 Å². The highest BCUT2D eigenvalue weighted by atomic mass is 35.5. The number of benzene rings is 1. The summed E-state index contributed by atoms with van der Waals surface area (Å²) in [5.74, 6) is -2.27. The molecule has 0 radical (unpaired) electrons. The van der Waals surface area contributed by atoms with Crippen molar-refractivity contribution in [3.63, 3.8) is 0 Å². The Bertz CT molecular complexity index is 240. The topological polar surface area (TPSA) is 66.5 Å². The molecule has 0 bridgehead atoms. The van der Waals surface area contributed by atoms with E-state index in [0.717, 1.165) is 0 Å². The molecule has 1 aromatic rings. The Labute approximate surface area is 69.0 Å². The van der Waals surface area contributed by atoms with Gasteiger partial charge in [0.1, 0.15) is 0 Å². The number of rotatable bonds is 1. The third-order valence-corrected chi connectivity index (χ3v) is 1.52. The standard InChI is InChI=1S/C7H8ClNO2/c8-6-3-1-5(2-4-6)7(9,10)11/h1-4,10-11H,9H2. The van der Waals surface area contributed by atoms with E-state index in [0.29, 0.717) is 5.02 Å². The molecule has 0 unspecified atom stereocenters. The van der Waals surface area contributed by atoms with Crippen LogP contribution in [-0.2, 0) is 5.91 Å². The van der Waals surface area contributed by atoms with E-state index in [-0.39, 0.29) is 5.56 Å². The van der Waals surface area contributed by atoms with Gasteiger partial charge in [0.25, 0.3) is 0 Å². The SMILES string of the molecule is NC(O)(O)c1ccc(Cl)cc1. The lowest BCUT2D eigenvalue weighted by Gasteiger charge is -2.15. The van der Waals surface area contributed by atoms with Crippen molar-refractivity contribution in [3.05, 3.63) is 34.9 Å². The lowest BCUT2D eigenvalue weighted by Crippen LogP contribution is -2.35. The molecule has 4 N–H and O–H groups in total. The quantitative estimate of drug-likeness (QED) is 0.539. The number of aliphatic hydroxyl groups is 2. The second-order valence-corrected chi connectivity index (χ2v) is 2.67. The first-order valence-electron chi connectivity index (χ1n) is 3.00. The zero-order chi connectivity index (χ0) is 8.48. The number of halogens is 1. The summed E-state index contributed by atoms with van der Waals surface area (Å²) in [5, 5.41) is 18.3. The fraction of sp³-hybridized carbons (Fsp3) is 0.143. The molecular formula is C7H8ClNO2. The molecule has 0 spiro atoms. The first kappa shape index (κ1) is 8.49. The van der Waals surface area contributed by atoms with Crippen LogP contribution in [0.15, 0.2) is 24.3 Å². The van der Waals surface area contributed by atoms with Crippen LogP contribution in [0.25, 0.3) is 0 Å². The van der Waals surface area contributed by atoms with Crippen molar-refractivity contribution >= 4 is 11.6 Å². The molecule has 0 saturated carbocycles. The molecule has 0 fully saturated rings.